The lowest BCUT2D eigenvalue weighted by atomic mass is 10.2. The molecule has 7 heteroatoms. The van der Waals surface area contributed by atoms with Crippen molar-refractivity contribution in [2.75, 3.05) is 0 Å². The molecule has 20 heavy (non-hydrogen) atoms. The maximum atomic E-state index is 12.9. The van der Waals surface area contributed by atoms with Crippen LogP contribution in [0.2, 0.25) is 0 Å². The molecule has 0 atom stereocenters. The number of benzene rings is 1. The average Bonchev–Trinajstić information content (AvgIpc) is 2.98. The quantitative estimate of drug-likeness (QED) is 0.713. The lowest BCUT2D eigenvalue weighted by molar-refractivity contribution is 0.610. The van der Waals surface area contributed by atoms with E-state index >= 15 is 0 Å². The van der Waals surface area contributed by atoms with Crippen LogP contribution in [0, 0.1) is 5.82 Å². The van der Waals surface area contributed by atoms with Gasteiger partial charge in [-0.15, -0.1) is 5.10 Å². The van der Waals surface area contributed by atoms with Gasteiger partial charge in [-0.25, -0.2) is 18.7 Å². The molecule has 0 aliphatic carbocycles. The Morgan fingerprint density at radius 2 is 1.90 bits per heavy atom. The van der Waals surface area contributed by atoms with E-state index in [1.165, 1.54) is 40.2 Å². The van der Waals surface area contributed by atoms with Crippen molar-refractivity contribution in [3.63, 3.8) is 0 Å². The lowest BCUT2D eigenvalue weighted by Crippen LogP contribution is -2.24. The van der Waals surface area contributed by atoms with Gasteiger partial charge in [0.1, 0.15) is 18.5 Å². The first kappa shape index (κ1) is 12.2. The zero-order valence-corrected chi connectivity index (χ0v) is 10.3. The molecule has 6 nitrogen and oxygen atoms in total. The maximum Gasteiger partial charge on any atom is 0.267 e. The summed E-state index contributed by atoms with van der Waals surface area (Å²) in [6, 6.07) is 8.91. The summed E-state index contributed by atoms with van der Waals surface area (Å²) < 4.78 is 15.6. The number of hydrogen-bond acceptors (Lipinski definition) is 4. The van der Waals surface area contributed by atoms with Crippen LogP contribution in [0.4, 0.5) is 4.39 Å². The molecule has 0 aliphatic heterocycles. The Kier molecular flexibility index (Phi) is 3.08. The Hall–Kier alpha value is -2.83. The maximum absolute atomic E-state index is 12.9. The second kappa shape index (κ2) is 5.04. The van der Waals surface area contributed by atoms with Crippen LogP contribution in [0.3, 0.4) is 0 Å². The second-order valence-corrected chi connectivity index (χ2v) is 4.15. The first-order valence-corrected chi connectivity index (χ1v) is 5.90. The monoisotopic (exact) mass is 271 g/mol. The van der Waals surface area contributed by atoms with Crippen molar-refractivity contribution in [1.82, 2.24) is 24.5 Å². The van der Waals surface area contributed by atoms with Crippen molar-refractivity contribution in [1.29, 1.82) is 0 Å². The van der Waals surface area contributed by atoms with Crippen LogP contribution < -0.4 is 5.56 Å². The fourth-order valence-electron chi connectivity index (χ4n) is 1.76. The Morgan fingerprint density at radius 1 is 1.10 bits per heavy atom. The molecule has 0 saturated carbocycles. The molecule has 2 aromatic heterocycles. The minimum atomic E-state index is -0.314. The summed E-state index contributed by atoms with van der Waals surface area (Å²) >= 11 is 0. The van der Waals surface area contributed by atoms with Gasteiger partial charge in [0, 0.05) is 6.07 Å². The van der Waals surface area contributed by atoms with Gasteiger partial charge in [-0.1, -0.05) is 12.1 Å². The van der Waals surface area contributed by atoms with Crippen LogP contribution in [0.1, 0.15) is 5.56 Å². The predicted octanol–water partition coefficient (Wildman–Crippen LogP) is 1.01. The van der Waals surface area contributed by atoms with Crippen molar-refractivity contribution in [2.45, 2.75) is 6.54 Å². The highest BCUT2D eigenvalue weighted by Gasteiger charge is 2.04. The predicted molar refractivity (Wildman–Crippen MR) is 68.9 cm³/mol. The molecule has 0 unspecified atom stereocenters. The smallest absolute Gasteiger partial charge is 0.267 e. The van der Waals surface area contributed by atoms with Crippen LogP contribution in [-0.2, 0) is 6.54 Å². The van der Waals surface area contributed by atoms with Gasteiger partial charge in [-0.3, -0.25) is 4.79 Å². The number of hydrogen-bond donors (Lipinski definition) is 0. The van der Waals surface area contributed by atoms with Crippen LogP contribution >= 0.6 is 0 Å². The first-order valence-electron chi connectivity index (χ1n) is 5.90. The van der Waals surface area contributed by atoms with Crippen molar-refractivity contribution in [3.8, 4) is 5.82 Å². The van der Waals surface area contributed by atoms with Gasteiger partial charge >= 0.3 is 0 Å². The molecule has 0 N–H and O–H groups in total. The third kappa shape index (κ3) is 2.46. The Morgan fingerprint density at radius 3 is 2.60 bits per heavy atom. The van der Waals surface area contributed by atoms with Gasteiger partial charge in [-0.05, 0) is 23.8 Å². The highest BCUT2D eigenvalue weighted by Crippen LogP contribution is 2.04. The first-order chi connectivity index (χ1) is 9.72. The minimum Gasteiger partial charge on any atom is -0.268 e. The van der Waals surface area contributed by atoms with Gasteiger partial charge in [0.2, 0.25) is 0 Å². The van der Waals surface area contributed by atoms with Crippen molar-refractivity contribution in [2.24, 2.45) is 0 Å². The minimum absolute atomic E-state index is 0.238. The van der Waals surface area contributed by atoms with E-state index in [0.29, 0.717) is 5.82 Å². The molecule has 0 fully saturated rings. The van der Waals surface area contributed by atoms with E-state index < -0.39 is 0 Å². The molecular weight excluding hydrogens is 261 g/mol. The fourth-order valence-corrected chi connectivity index (χ4v) is 1.76. The van der Waals surface area contributed by atoms with Gasteiger partial charge in [-0.2, -0.15) is 5.10 Å². The highest BCUT2D eigenvalue weighted by molar-refractivity contribution is 5.19. The van der Waals surface area contributed by atoms with Crippen LogP contribution in [0.15, 0.2) is 53.8 Å². The van der Waals surface area contributed by atoms with E-state index in [1.807, 2.05) is 0 Å². The summed E-state index contributed by atoms with van der Waals surface area (Å²) in [6.07, 6.45) is 2.88. The fraction of sp³-hybridized carbons (Fsp3) is 0.0769. The lowest BCUT2D eigenvalue weighted by Gasteiger charge is -2.06. The summed E-state index contributed by atoms with van der Waals surface area (Å²) in [7, 11) is 0. The third-order valence-corrected chi connectivity index (χ3v) is 2.75. The number of halogens is 1. The van der Waals surface area contributed by atoms with Crippen LogP contribution in [-0.4, -0.2) is 24.5 Å². The molecule has 3 rings (SSSR count). The van der Waals surface area contributed by atoms with E-state index in [1.54, 1.807) is 18.2 Å². The SMILES string of the molecule is O=c1ccc(-n2cncn2)nn1Cc1ccc(F)cc1. The van der Waals surface area contributed by atoms with Crippen LogP contribution in [0.25, 0.3) is 5.82 Å². The molecule has 2 heterocycles. The Balaban J connectivity index is 1.95. The largest absolute Gasteiger partial charge is 0.268 e. The summed E-state index contributed by atoms with van der Waals surface area (Å²) in [6.45, 7) is 0.266. The third-order valence-electron chi connectivity index (χ3n) is 2.75. The highest BCUT2D eigenvalue weighted by atomic mass is 19.1. The van der Waals surface area contributed by atoms with Crippen LogP contribution in [0.5, 0.6) is 0 Å². The van der Waals surface area contributed by atoms with Gasteiger partial charge in [0.05, 0.1) is 6.54 Å². The molecule has 0 amide bonds. The van der Waals surface area contributed by atoms with E-state index in [9.17, 15) is 9.18 Å². The molecule has 0 bridgehead atoms. The molecule has 0 saturated heterocycles. The molecule has 1 aromatic carbocycles. The normalized spacial score (nSPS) is 10.7. The Bertz CT molecular complexity index is 764. The van der Waals surface area contributed by atoms with E-state index in [2.05, 4.69) is 15.2 Å². The van der Waals surface area contributed by atoms with Crippen molar-refractivity contribution >= 4 is 0 Å². The average molecular weight is 271 g/mol. The molecule has 0 aliphatic rings. The van der Waals surface area contributed by atoms with Crippen molar-refractivity contribution < 1.29 is 4.39 Å². The van der Waals surface area contributed by atoms with Gasteiger partial charge in [0.25, 0.3) is 5.56 Å². The number of aromatic nitrogens is 5. The molecule has 3 aromatic rings. The zero-order chi connectivity index (χ0) is 13.9. The van der Waals surface area contributed by atoms with Gasteiger partial charge < -0.3 is 0 Å². The summed E-state index contributed by atoms with van der Waals surface area (Å²) in [5, 5.41) is 8.16. The molecular formula is C13H10FN5O. The number of rotatable bonds is 3. The van der Waals surface area contributed by atoms with E-state index in [0.717, 1.165) is 5.56 Å². The van der Waals surface area contributed by atoms with Crippen molar-refractivity contribution in [3.05, 3.63) is 70.8 Å². The zero-order valence-electron chi connectivity index (χ0n) is 10.3. The molecule has 0 spiro atoms. The second-order valence-electron chi connectivity index (χ2n) is 4.15. The summed E-state index contributed by atoms with van der Waals surface area (Å²) in [5.41, 5.74) is 0.551. The van der Waals surface area contributed by atoms with Gasteiger partial charge in [0.15, 0.2) is 5.82 Å². The topological polar surface area (TPSA) is 65.6 Å². The molecule has 0 radical (unpaired) electrons. The van der Waals surface area contributed by atoms with E-state index in [4.69, 9.17) is 0 Å². The van der Waals surface area contributed by atoms with E-state index in [-0.39, 0.29) is 17.9 Å². The summed E-state index contributed by atoms with van der Waals surface area (Å²) in [4.78, 5) is 15.6. The molecule has 100 valence electrons. The summed E-state index contributed by atoms with van der Waals surface area (Å²) in [5.74, 6) is 0.176. The Labute approximate surface area is 113 Å². The number of nitrogens with zero attached hydrogens (tertiary/aromatic N) is 5. The standard InChI is InChI=1S/C13H10FN5O/c14-11-3-1-10(2-4-11)7-18-13(20)6-5-12(17-18)19-9-15-8-16-19/h1-6,8-9H,7H2.